The molecule has 0 aliphatic carbocycles. The molecule has 0 aliphatic heterocycles. The summed E-state index contributed by atoms with van der Waals surface area (Å²) in [4.78, 5) is 0. The van der Waals surface area contributed by atoms with Crippen molar-refractivity contribution in [3.05, 3.63) is 46.5 Å². The molecule has 0 N–H and O–H groups in total. The topological polar surface area (TPSA) is 0 Å². The minimum Gasteiger partial charge on any atom is -0.0815 e. The predicted octanol–water partition coefficient (Wildman–Crippen LogP) is 4.07. The van der Waals surface area contributed by atoms with Crippen molar-refractivity contribution < 1.29 is 0 Å². The van der Waals surface area contributed by atoms with Crippen LogP contribution in [0.4, 0.5) is 0 Å². The van der Waals surface area contributed by atoms with E-state index in [-0.39, 0.29) is 0 Å². The Balaban J connectivity index is 2.93. The van der Waals surface area contributed by atoms with Crippen molar-refractivity contribution in [2.75, 3.05) is 0 Å². The van der Waals surface area contributed by atoms with Crippen molar-refractivity contribution in [3.8, 4) is 0 Å². The van der Waals surface area contributed by atoms with E-state index in [4.69, 9.17) is 0 Å². The Labute approximate surface area is 87.7 Å². The molecule has 0 saturated heterocycles. The van der Waals surface area contributed by atoms with Gasteiger partial charge >= 0.3 is 0 Å². The average Bonchev–Trinajstić information content (AvgIpc) is 2.15. The lowest BCUT2D eigenvalue weighted by atomic mass is 9.99. The summed E-state index contributed by atoms with van der Waals surface area (Å²) in [5.41, 5.74) is 5.72. The van der Waals surface area contributed by atoms with E-state index in [1.54, 1.807) is 0 Å². The first-order valence-electron chi connectivity index (χ1n) is 5.35. The lowest BCUT2D eigenvalue weighted by molar-refractivity contribution is 1.06. The summed E-state index contributed by atoms with van der Waals surface area (Å²) >= 11 is 0. The van der Waals surface area contributed by atoms with E-state index in [2.05, 4.69) is 52.0 Å². The Kier molecular flexibility index (Phi) is 3.94. The molecule has 0 radical (unpaired) electrons. The van der Waals surface area contributed by atoms with Gasteiger partial charge in [0.25, 0.3) is 0 Å². The largest absolute Gasteiger partial charge is 0.0815 e. The highest BCUT2D eigenvalue weighted by atomic mass is 14.0. The Morgan fingerprint density at radius 3 is 2.50 bits per heavy atom. The molecule has 0 fully saturated rings. The lowest BCUT2D eigenvalue weighted by Gasteiger charge is -2.06. The molecular formula is C14H20. The number of aryl methyl sites for hydroxylation is 2. The monoisotopic (exact) mass is 188 g/mol. The molecule has 0 aliphatic rings. The first-order valence-corrected chi connectivity index (χ1v) is 5.35. The third-order valence-electron chi connectivity index (χ3n) is 2.47. The molecule has 76 valence electrons. The molecule has 0 spiro atoms. The molecule has 0 saturated carbocycles. The van der Waals surface area contributed by atoms with Crippen molar-refractivity contribution in [2.45, 2.75) is 40.5 Å². The fourth-order valence-electron chi connectivity index (χ4n) is 1.60. The second-order valence-electron chi connectivity index (χ2n) is 4.11. The van der Waals surface area contributed by atoms with Gasteiger partial charge in [-0.1, -0.05) is 42.3 Å². The molecule has 1 rings (SSSR count). The minimum absolute atomic E-state index is 1.08. The Bertz CT molecular complexity index is 328. The standard InChI is InChI=1S/C14H20/c1-5-13-9-7-12(4)10-14(13)8-6-11(2)3/h6-7,9-10H,5,8H2,1-4H3. The summed E-state index contributed by atoms with van der Waals surface area (Å²) in [6.45, 7) is 8.69. The van der Waals surface area contributed by atoms with E-state index in [9.17, 15) is 0 Å². The molecule has 0 nitrogen and oxygen atoms in total. The van der Waals surface area contributed by atoms with Crippen LogP contribution in [0.5, 0.6) is 0 Å². The van der Waals surface area contributed by atoms with Gasteiger partial charge < -0.3 is 0 Å². The van der Waals surface area contributed by atoms with Gasteiger partial charge in [-0.05, 0) is 44.7 Å². The fraction of sp³-hybridized carbons (Fsp3) is 0.429. The summed E-state index contributed by atoms with van der Waals surface area (Å²) in [5, 5.41) is 0. The molecule has 1 aromatic rings. The van der Waals surface area contributed by atoms with Crippen LogP contribution in [0.2, 0.25) is 0 Å². The molecule has 0 heterocycles. The van der Waals surface area contributed by atoms with E-state index in [1.165, 1.54) is 22.3 Å². The molecule has 0 amide bonds. The van der Waals surface area contributed by atoms with Crippen molar-refractivity contribution in [2.24, 2.45) is 0 Å². The average molecular weight is 188 g/mol. The highest BCUT2D eigenvalue weighted by molar-refractivity contribution is 5.33. The summed E-state index contributed by atoms with van der Waals surface area (Å²) < 4.78 is 0. The van der Waals surface area contributed by atoms with Gasteiger partial charge in [0.05, 0.1) is 0 Å². The van der Waals surface area contributed by atoms with E-state index in [0.717, 1.165) is 12.8 Å². The van der Waals surface area contributed by atoms with Gasteiger partial charge in [0, 0.05) is 0 Å². The van der Waals surface area contributed by atoms with Crippen molar-refractivity contribution in [1.29, 1.82) is 0 Å². The molecule has 0 heteroatoms. The summed E-state index contributed by atoms with van der Waals surface area (Å²) in [7, 11) is 0. The third kappa shape index (κ3) is 3.02. The Hall–Kier alpha value is -1.04. The van der Waals surface area contributed by atoms with Crippen LogP contribution in [0, 0.1) is 6.92 Å². The molecule has 0 aromatic heterocycles. The molecular weight excluding hydrogens is 168 g/mol. The maximum Gasteiger partial charge on any atom is -0.00921 e. The van der Waals surface area contributed by atoms with Gasteiger partial charge in [-0.25, -0.2) is 0 Å². The predicted molar refractivity (Wildman–Crippen MR) is 63.7 cm³/mol. The molecule has 0 atom stereocenters. The van der Waals surface area contributed by atoms with Gasteiger partial charge in [0.2, 0.25) is 0 Å². The number of allylic oxidation sites excluding steroid dienone is 2. The van der Waals surface area contributed by atoms with Crippen molar-refractivity contribution >= 4 is 0 Å². The fourth-order valence-corrected chi connectivity index (χ4v) is 1.60. The first kappa shape index (κ1) is 11.0. The summed E-state index contributed by atoms with van der Waals surface area (Å²) in [5.74, 6) is 0. The summed E-state index contributed by atoms with van der Waals surface area (Å²) in [6, 6.07) is 6.76. The first-order chi connectivity index (χ1) is 6.63. The molecule has 0 unspecified atom stereocenters. The van der Waals surface area contributed by atoms with Crippen LogP contribution in [-0.4, -0.2) is 0 Å². The van der Waals surface area contributed by atoms with Gasteiger partial charge in [0.15, 0.2) is 0 Å². The zero-order chi connectivity index (χ0) is 10.6. The number of benzene rings is 1. The maximum absolute atomic E-state index is 2.30. The van der Waals surface area contributed by atoms with Crippen LogP contribution in [0.1, 0.15) is 37.5 Å². The van der Waals surface area contributed by atoms with E-state index in [1.807, 2.05) is 0 Å². The van der Waals surface area contributed by atoms with Crippen LogP contribution in [0.3, 0.4) is 0 Å². The van der Waals surface area contributed by atoms with Crippen LogP contribution >= 0.6 is 0 Å². The highest BCUT2D eigenvalue weighted by Gasteiger charge is 1.99. The zero-order valence-electron chi connectivity index (χ0n) is 9.72. The van der Waals surface area contributed by atoms with Gasteiger partial charge in [-0.3, -0.25) is 0 Å². The SMILES string of the molecule is CCc1ccc(C)cc1CC=C(C)C. The van der Waals surface area contributed by atoms with Gasteiger partial charge in [-0.15, -0.1) is 0 Å². The number of hydrogen-bond acceptors (Lipinski definition) is 0. The van der Waals surface area contributed by atoms with Crippen LogP contribution in [0.25, 0.3) is 0 Å². The Morgan fingerprint density at radius 2 is 1.93 bits per heavy atom. The molecule has 1 aromatic carbocycles. The van der Waals surface area contributed by atoms with Crippen LogP contribution in [0.15, 0.2) is 29.8 Å². The van der Waals surface area contributed by atoms with E-state index >= 15 is 0 Å². The molecule has 14 heavy (non-hydrogen) atoms. The second-order valence-corrected chi connectivity index (χ2v) is 4.11. The van der Waals surface area contributed by atoms with Gasteiger partial charge in [-0.2, -0.15) is 0 Å². The minimum atomic E-state index is 1.08. The number of hydrogen-bond donors (Lipinski definition) is 0. The third-order valence-corrected chi connectivity index (χ3v) is 2.47. The maximum atomic E-state index is 2.30. The zero-order valence-corrected chi connectivity index (χ0v) is 9.72. The summed E-state index contributed by atoms with van der Waals surface area (Å²) in [6.07, 6.45) is 4.51. The smallest absolute Gasteiger partial charge is 0.00921 e. The van der Waals surface area contributed by atoms with Crippen molar-refractivity contribution in [1.82, 2.24) is 0 Å². The highest BCUT2D eigenvalue weighted by Crippen LogP contribution is 2.14. The van der Waals surface area contributed by atoms with Crippen LogP contribution in [-0.2, 0) is 12.8 Å². The van der Waals surface area contributed by atoms with Crippen LogP contribution < -0.4 is 0 Å². The lowest BCUT2D eigenvalue weighted by Crippen LogP contribution is -1.92. The second kappa shape index (κ2) is 4.99. The van der Waals surface area contributed by atoms with E-state index < -0.39 is 0 Å². The molecule has 0 bridgehead atoms. The van der Waals surface area contributed by atoms with Crippen molar-refractivity contribution in [3.63, 3.8) is 0 Å². The Morgan fingerprint density at radius 1 is 1.21 bits per heavy atom. The van der Waals surface area contributed by atoms with E-state index in [0.29, 0.717) is 0 Å². The van der Waals surface area contributed by atoms with Gasteiger partial charge in [0.1, 0.15) is 0 Å². The normalized spacial score (nSPS) is 10.0. The quantitative estimate of drug-likeness (QED) is 0.627. The number of rotatable bonds is 3.